The van der Waals surface area contributed by atoms with E-state index in [1.165, 1.54) is 0 Å². The maximum absolute atomic E-state index is 11.8. The third-order valence-corrected chi connectivity index (χ3v) is 3.78. The van der Waals surface area contributed by atoms with Gasteiger partial charge in [-0.3, -0.25) is 4.79 Å². The van der Waals surface area contributed by atoms with Crippen LogP contribution in [0, 0.1) is 0 Å². The summed E-state index contributed by atoms with van der Waals surface area (Å²) >= 11 is 0. The highest BCUT2D eigenvalue weighted by molar-refractivity contribution is 5.96. The van der Waals surface area contributed by atoms with Gasteiger partial charge in [0.25, 0.3) is 5.91 Å². The number of hydrogen-bond acceptors (Lipinski definition) is 5. The van der Waals surface area contributed by atoms with Gasteiger partial charge in [0.05, 0.1) is 11.4 Å². The minimum atomic E-state index is -0.600. The number of primary amides is 1. The van der Waals surface area contributed by atoms with Crippen molar-refractivity contribution in [2.45, 2.75) is 33.6 Å². The second-order valence-corrected chi connectivity index (χ2v) is 5.44. The van der Waals surface area contributed by atoms with Gasteiger partial charge in [0.1, 0.15) is 0 Å². The van der Waals surface area contributed by atoms with Crippen LogP contribution in [0.15, 0.2) is 30.5 Å². The topological polar surface area (TPSA) is 107 Å². The highest BCUT2D eigenvalue weighted by Crippen LogP contribution is 2.23. The van der Waals surface area contributed by atoms with E-state index in [9.17, 15) is 4.79 Å². The summed E-state index contributed by atoms with van der Waals surface area (Å²) in [5.41, 5.74) is 15.6. The summed E-state index contributed by atoms with van der Waals surface area (Å²) in [7, 11) is 0. The van der Waals surface area contributed by atoms with Gasteiger partial charge in [-0.15, -0.1) is 0 Å². The Hall–Kier alpha value is -2.89. The lowest BCUT2D eigenvalue weighted by Gasteiger charge is -2.13. The van der Waals surface area contributed by atoms with Crippen LogP contribution in [0.2, 0.25) is 0 Å². The predicted molar refractivity (Wildman–Crippen MR) is 96.9 cm³/mol. The predicted octanol–water partition coefficient (Wildman–Crippen LogP) is 2.76. The van der Waals surface area contributed by atoms with Crippen LogP contribution in [0.25, 0.3) is 5.57 Å². The first kappa shape index (κ1) is 17.5. The van der Waals surface area contributed by atoms with Crippen LogP contribution in [0.5, 0.6) is 0 Å². The monoisotopic (exact) mass is 325 g/mol. The molecule has 1 heterocycles. The Morgan fingerprint density at radius 2 is 1.88 bits per heavy atom. The maximum Gasteiger partial charge on any atom is 0.271 e. The molecular formula is C18H23N5O. The van der Waals surface area contributed by atoms with Gasteiger partial charge in [-0.1, -0.05) is 26.0 Å². The van der Waals surface area contributed by atoms with Gasteiger partial charge in [-0.05, 0) is 49.2 Å². The van der Waals surface area contributed by atoms with E-state index in [0.717, 1.165) is 34.6 Å². The number of aromatic nitrogens is 2. The smallest absolute Gasteiger partial charge is 0.271 e. The van der Waals surface area contributed by atoms with Crippen molar-refractivity contribution >= 4 is 23.0 Å². The minimum absolute atomic E-state index is 0.153. The average Bonchev–Trinajstić information content (AvgIpc) is 2.60. The first-order valence-electron chi connectivity index (χ1n) is 7.95. The van der Waals surface area contributed by atoms with Crippen LogP contribution in [-0.2, 0) is 12.8 Å². The molecule has 0 aliphatic carbocycles. The largest absolute Gasteiger partial charge is 0.404 e. The SMILES string of the molecule is CCc1nc(Nc2cccc(/C(C)=C/N)c2)c(C(N)=O)nc1CC. The van der Waals surface area contributed by atoms with E-state index in [4.69, 9.17) is 11.5 Å². The third-order valence-electron chi connectivity index (χ3n) is 3.78. The van der Waals surface area contributed by atoms with Crippen molar-refractivity contribution in [1.82, 2.24) is 9.97 Å². The van der Waals surface area contributed by atoms with Crippen LogP contribution in [-0.4, -0.2) is 15.9 Å². The van der Waals surface area contributed by atoms with Crippen molar-refractivity contribution in [2.24, 2.45) is 11.5 Å². The molecule has 0 fully saturated rings. The zero-order chi connectivity index (χ0) is 17.7. The molecule has 0 bridgehead atoms. The number of allylic oxidation sites excluding steroid dienone is 1. The van der Waals surface area contributed by atoms with Gasteiger partial charge in [0.15, 0.2) is 11.5 Å². The molecule has 0 spiro atoms. The number of amides is 1. The summed E-state index contributed by atoms with van der Waals surface area (Å²) in [6.45, 7) is 5.92. The fourth-order valence-corrected chi connectivity index (χ4v) is 2.41. The van der Waals surface area contributed by atoms with Gasteiger partial charge in [-0.2, -0.15) is 0 Å². The second kappa shape index (κ2) is 7.59. The molecule has 0 saturated heterocycles. The Labute approximate surface area is 142 Å². The molecule has 0 aliphatic rings. The minimum Gasteiger partial charge on any atom is -0.404 e. The van der Waals surface area contributed by atoms with Gasteiger partial charge in [0.2, 0.25) is 0 Å². The van der Waals surface area contributed by atoms with E-state index in [1.54, 1.807) is 6.20 Å². The zero-order valence-electron chi connectivity index (χ0n) is 14.3. The van der Waals surface area contributed by atoms with Crippen LogP contribution >= 0.6 is 0 Å². The summed E-state index contributed by atoms with van der Waals surface area (Å²) in [6, 6.07) is 7.69. The molecule has 1 aromatic carbocycles. The number of carbonyl (C=O) groups excluding carboxylic acids is 1. The Kier molecular flexibility index (Phi) is 5.52. The molecule has 0 radical (unpaired) electrons. The van der Waals surface area contributed by atoms with E-state index in [-0.39, 0.29) is 5.69 Å². The molecule has 6 nitrogen and oxygen atoms in total. The van der Waals surface area contributed by atoms with Gasteiger partial charge < -0.3 is 16.8 Å². The summed E-state index contributed by atoms with van der Waals surface area (Å²) in [6.07, 6.45) is 2.99. The van der Waals surface area contributed by atoms with E-state index in [1.807, 2.05) is 45.0 Å². The van der Waals surface area contributed by atoms with E-state index >= 15 is 0 Å². The van der Waals surface area contributed by atoms with Crippen LogP contribution in [0.4, 0.5) is 11.5 Å². The lowest BCUT2D eigenvalue weighted by Crippen LogP contribution is -2.19. The molecule has 1 amide bonds. The highest BCUT2D eigenvalue weighted by Gasteiger charge is 2.16. The summed E-state index contributed by atoms with van der Waals surface area (Å²) in [5, 5.41) is 3.16. The summed E-state index contributed by atoms with van der Waals surface area (Å²) in [5.74, 6) is -0.223. The number of carbonyl (C=O) groups is 1. The maximum atomic E-state index is 11.8. The van der Waals surface area contributed by atoms with Crippen LogP contribution in [0.1, 0.15) is 48.2 Å². The molecule has 0 aliphatic heterocycles. The fourth-order valence-electron chi connectivity index (χ4n) is 2.41. The lowest BCUT2D eigenvalue weighted by molar-refractivity contribution is 0.0996. The molecular weight excluding hydrogens is 302 g/mol. The molecule has 24 heavy (non-hydrogen) atoms. The fraction of sp³-hybridized carbons (Fsp3) is 0.278. The molecule has 126 valence electrons. The molecule has 0 unspecified atom stereocenters. The number of nitrogens with one attached hydrogen (secondary N) is 1. The molecule has 5 N–H and O–H groups in total. The Morgan fingerprint density at radius 3 is 2.46 bits per heavy atom. The van der Waals surface area contributed by atoms with Crippen LogP contribution in [0.3, 0.4) is 0 Å². The van der Waals surface area contributed by atoms with Crippen molar-refractivity contribution in [3.8, 4) is 0 Å². The Bertz CT molecular complexity index is 783. The number of rotatable bonds is 6. The van der Waals surface area contributed by atoms with E-state index < -0.39 is 5.91 Å². The molecule has 0 atom stereocenters. The van der Waals surface area contributed by atoms with Crippen LogP contribution < -0.4 is 16.8 Å². The van der Waals surface area contributed by atoms with Gasteiger partial charge >= 0.3 is 0 Å². The molecule has 2 rings (SSSR count). The van der Waals surface area contributed by atoms with Crippen molar-refractivity contribution < 1.29 is 4.79 Å². The third kappa shape index (κ3) is 3.71. The van der Waals surface area contributed by atoms with E-state index in [0.29, 0.717) is 12.2 Å². The number of benzene rings is 1. The summed E-state index contributed by atoms with van der Waals surface area (Å²) in [4.78, 5) is 20.7. The standard InChI is InChI=1S/C18H23N5O/c1-4-14-15(5-2)23-18(16(22-14)17(20)24)21-13-8-6-7-12(9-13)11(3)10-19/h6-10H,4-5,19H2,1-3H3,(H2,20,24)(H,21,23)/b11-10+. The van der Waals surface area contributed by atoms with Crippen molar-refractivity contribution in [1.29, 1.82) is 0 Å². The Balaban J connectivity index is 2.47. The lowest BCUT2D eigenvalue weighted by atomic mass is 10.1. The molecule has 1 aromatic heterocycles. The molecule has 2 aromatic rings. The Morgan fingerprint density at radius 1 is 1.21 bits per heavy atom. The number of nitrogens with two attached hydrogens (primary N) is 2. The first-order valence-corrected chi connectivity index (χ1v) is 7.95. The summed E-state index contributed by atoms with van der Waals surface area (Å²) < 4.78 is 0. The number of hydrogen-bond donors (Lipinski definition) is 3. The number of anilines is 2. The highest BCUT2D eigenvalue weighted by atomic mass is 16.1. The second-order valence-electron chi connectivity index (χ2n) is 5.44. The zero-order valence-corrected chi connectivity index (χ0v) is 14.3. The van der Waals surface area contributed by atoms with Gasteiger partial charge in [-0.25, -0.2) is 9.97 Å². The van der Waals surface area contributed by atoms with Gasteiger partial charge in [0, 0.05) is 5.69 Å². The molecule has 6 heteroatoms. The normalized spacial score (nSPS) is 11.4. The van der Waals surface area contributed by atoms with Crippen molar-refractivity contribution in [3.05, 3.63) is 53.1 Å². The first-order chi connectivity index (χ1) is 11.5. The number of aryl methyl sites for hydroxylation is 2. The number of nitrogens with zero attached hydrogens (tertiary/aromatic N) is 2. The quantitative estimate of drug-likeness (QED) is 0.757. The molecule has 0 saturated carbocycles. The van der Waals surface area contributed by atoms with Crippen molar-refractivity contribution in [3.63, 3.8) is 0 Å². The van der Waals surface area contributed by atoms with Crippen molar-refractivity contribution in [2.75, 3.05) is 5.32 Å². The van der Waals surface area contributed by atoms with E-state index in [2.05, 4.69) is 15.3 Å². The average molecular weight is 325 g/mol.